The van der Waals surface area contributed by atoms with Crippen molar-refractivity contribution < 1.29 is 31.9 Å². The average Bonchev–Trinajstić information content (AvgIpc) is 2.68. The number of amides is 3. The third kappa shape index (κ3) is 6.51. The monoisotopic (exact) mass is 465 g/mol. The molecule has 0 aliphatic carbocycles. The molecule has 9 nitrogen and oxygen atoms in total. The number of ether oxygens (including phenoxy) is 1. The number of carbonyl (C=O) groups is 3. The highest BCUT2D eigenvalue weighted by Gasteiger charge is 2.24. The van der Waals surface area contributed by atoms with E-state index in [4.69, 9.17) is 4.74 Å². The van der Waals surface area contributed by atoms with Crippen LogP contribution in [0.4, 0.5) is 14.9 Å². The molecule has 0 heterocycles. The molecule has 2 aromatic carbocycles. The lowest BCUT2D eigenvalue weighted by atomic mass is 10.1. The van der Waals surface area contributed by atoms with E-state index in [0.29, 0.717) is 5.56 Å². The van der Waals surface area contributed by atoms with Gasteiger partial charge in [-0.3, -0.25) is 14.8 Å². The van der Waals surface area contributed by atoms with Crippen LogP contribution in [0.1, 0.15) is 36.7 Å². The Kier molecular flexibility index (Phi) is 7.92. The number of imide groups is 1. The second kappa shape index (κ2) is 10.2. The lowest BCUT2D eigenvalue weighted by Crippen LogP contribution is -2.46. The van der Waals surface area contributed by atoms with Gasteiger partial charge < -0.3 is 10.1 Å². The first kappa shape index (κ1) is 24.8. The molecule has 2 aromatic rings. The van der Waals surface area contributed by atoms with Crippen LogP contribution in [0.2, 0.25) is 0 Å². The molecule has 2 rings (SSSR count). The van der Waals surface area contributed by atoms with Gasteiger partial charge in [-0.25, -0.2) is 22.4 Å². The predicted octanol–water partition coefficient (Wildman–Crippen LogP) is 2.71. The second-order valence-electron chi connectivity index (χ2n) is 7.23. The Labute approximate surface area is 185 Å². The largest absolute Gasteiger partial charge is 0.449 e. The molecule has 0 saturated heterocycles. The van der Waals surface area contributed by atoms with Gasteiger partial charge in [0, 0.05) is 6.04 Å². The number of benzene rings is 2. The van der Waals surface area contributed by atoms with Crippen molar-refractivity contribution >= 4 is 33.6 Å². The van der Waals surface area contributed by atoms with E-state index in [1.165, 1.54) is 37.3 Å². The van der Waals surface area contributed by atoms with Crippen LogP contribution in [0.5, 0.6) is 0 Å². The number of aryl methyl sites for hydroxylation is 1. The van der Waals surface area contributed by atoms with E-state index >= 15 is 0 Å². The van der Waals surface area contributed by atoms with Crippen LogP contribution in [-0.2, 0) is 19.6 Å². The SMILES string of the molecule is Cc1ccc(S(=O)(=O)Nc2ccccc2F)cc1C(=O)OC(C)C(=O)NC(=O)NC(C)C. The Morgan fingerprint density at radius 3 is 2.31 bits per heavy atom. The van der Waals surface area contributed by atoms with E-state index in [2.05, 4.69) is 10.0 Å². The third-order valence-electron chi connectivity index (χ3n) is 4.17. The summed E-state index contributed by atoms with van der Waals surface area (Å²) in [6, 6.07) is 7.99. The van der Waals surface area contributed by atoms with Crippen LogP contribution in [-0.4, -0.2) is 38.5 Å². The van der Waals surface area contributed by atoms with Gasteiger partial charge >= 0.3 is 12.0 Å². The quantitative estimate of drug-likeness (QED) is 0.539. The summed E-state index contributed by atoms with van der Waals surface area (Å²) < 4.78 is 46.3. The van der Waals surface area contributed by atoms with Gasteiger partial charge in [0.15, 0.2) is 6.10 Å². The van der Waals surface area contributed by atoms with E-state index in [-0.39, 0.29) is 22.2 Å². The number of para-hydroxylation sites is 1. The Balaban J connectivity index is 2.17. The van der Waals surface area contributed by atoms with Crippen molar-refractivity contribution in [2.45, 2.75) is 44.7 Å². The highest BCUT2D eigenvalue weighted by Crippen LogP contribution is 2.22. The van der Waals surface area contributed by atoms with E-state index in [1.807, 2.05) is 5.32 Å². The van der Waals surface area contributed by atoms with Crippen LogP contribution in [0.15, 0.2) is 47.4 Å². The Bertz CT molecular complexity index is 1130. The molecule has 0 spiro atoms. The molecular weight excluding hydrogens is 441 g/mol. The van der Waals surface area contributed by atoms with Crippen molar-refractivity contribution in [2.24, 2.45) is 0 Å². The molecular formula is C21H24FN3O6S. The van der Waals surface area contributed by atoms with Gasteiger partial charge in [0.1, 0.15) is 5.82 Å². The molecule has 0 fully saturated rings. The van der Waals surface area contributed by atoms with Crippen molar-refractivity contribution in [3.05, 3.63) is 59.4 Å². The third-order valence-corrected chi connectivity index (χ3v) is 5.53. The summed E-state index contributed by atoms with van der Waals surface area (Å²) in [4.78, 5) is 35.9. The van der Waals surface area contributed by atoms with Crippen molar-refractivity contribution in [1.29, 1.82) is 0 Å². The number of rotatable bonds is 7. The number of carbonyl (C=O) groups excluding carboxylic acids is 3. The maximum atomic E-state index is 13.8. The van der Waals surface area contributed by atoms with Crippen LogP contribution < -0.4 is 15.4 Å². The van der Waals surface area contributed by atoms with E-state index in [1.54, 1.807) is 20.8 Å². The molecule has 32 heavy (non-hydrogen) atoms. The number of nitrogens with one attached hydrogen (secondary N) is 3. The number of sulfonamides is 1. The smallest absolute Gasteiger partial charge is 0.339 e. The summed E-state index contributed by atoms with van der Waals surface area (Å²) in [7, 11) is -4.21. The summed E-state index contributed by atoms with van der Waals surface area (Å²) in [5, 5.41) is 4.50. The minimum Gasteiger partial charge on any atom is -0.449 e. The molecule has 0 aliphatic heterocycles. The normalized spacial score (nSPS) is 12.1. The maximum Gasteiger partial charge on any atom is 0.339 e. The van der Waals surface area contributed by atoms with E-state index < -0.39 is 39.9 Å². The Morgan fingerprint density at radius 2 is 1.69 bits per heavy atom. The molecule has 3 amide bonds. The first-order valence-corrected chi connectivity index (χ1v) is 11.1. The molecule has 1 unspecified atom stereocenters. The number of hydrogen-bond acceptors (Lipinski definition) is 6. The van der Waals surface area contributed by atoms with Gasteiger partial charge in [0.25, 0.3) is 15.9 Å². The topological polar surface area (TPSA) is 131 Å². The fourth-order valence-electron chi connectivity index (χ4n) is 2.53. The molecule has 3 N–H and O–H groups in total. The zero-order valence-electron chi connectivity index (χ0n) is 17.9. The number of esters is 1. The van der Waals surface area contributed by atoms with Crippen molar-refractivity contribution in [3.63, 3.8) is 0 Å². The number of urea groups is 1. The van der Waals surface area contributed by atoms with Gasteiger partial charge in [-0.2, -0.15) is 0 Å². The highest BCUT2D eigenvalue weighted by molar-refractivity contribution is 7.92. The number of halogens is 1. The van der Waals surface area contributed by atoms with Gasteiger partial charge in [0.05, 0.1) is 16.1 Å². The summed E-state index contributed by atoms with van der Waals surface area (Å²) in [5.41, 5.74) is 0.0415. The fourth-order valence-corrected chi connectivity index (χ4v) is 3.62. The molecule has 172 valence electrons. The number of anilines is 1. The van der Waals surface area contributed by atoms with Gasteiger partial charge in [-0.1, -0.05) is 18.2 Å². The van der Waals surface area contributed by atoms with Crippen LogP contribution >= 0.6 is 0 Å². The standard InChI is InChI=1S/C21H24FN3O6S/c1-12(2)23-21(28)24-19(26)14(4)31-20(27)16-11-15(10-9-13(16)3)32(29,30)25-18-8-6-5-7-17(18)22/h5-12,14,25H,1-4H3,(H2,23,24,26,28). The number of hydrogen-bond donors (Lipinski definition) is 3. The fraction of sp³-hybridized carbons (Fsp3) is 0.286. The minimum absolute atomic E-state index is 0.104. The van der Waals surface area contributed by atoms with Crippen molar-refractivity contribution in [1.82, 2.24) is 10.6 Å². The molecule has 0 saturated carbocycles. The zero-order valence-corrected chi connectivity index (χ0v) is 18.7. The Hall–Kier alpha value is -3.47. The van der Waals surface area contributed by atoms with E-state index in [9.17, 15) is 27.2 Å². The van der Waals surface area contributed by atoms with Crippen LogP contribution in [0.25, 0.3) is 0 Å². The first-order valence-electron chi connectivity index (χ1n) is 9.61. The van der Waals surface area contributed by atoms with E-state index in [0.717, 1.165) is 12.1 Å². The lowest BCUT2D eigenvalue weighted by molar-refractivity contribution is -0.127. The van der Waals surface area contributed by atoms with Gasteiger partial charge in [-0.05, 0) is 57.5 Å². The lowest BCUT2D eigenvalue weighted by Gasteiger charge is -2.16. The zero-order chi connectivity index (χ0) is 24.1. The molecule has 0 bridgehead atoms. The molecule has 0 radical (unpaired) electrons. The summed E-state index contributed by atoms with van der Waals surface area (Å²) in [6.07, 6.45) is -1.32. The summed E-state index contributed by atoms with van der Waals surface area (Å²) in [6.45, 7) is 6.24. The minimum atomic E-state index is -4.21. The molecule has 1 atom stereocenters. The highest BCUT2D eigenvalue weighted by atomic mass is 32.2. The van der Waals surface area contributed by atoms with Crippen LogP contribution in [0.3, 0.4) is 0 Å². The average molecular weight is 466 g/mol. The molecule has 0 aliphatic rings. The van der Waals surface area contributed by atoms with Gasteiger partial charge in [-0.15, -0.1) is 0 Å². The van der Waals surface area contributed by atoms with Crippen LogP contribution in [0, 0.1) is 12.7 Å². The first-order chi connectivity index (χ1) is 14.9. The molecule has 11 heteroatoms. The molecule has 0 aromatic heterocycles. The van der Waals surface area contributed by atoms with Crippen molar-refractivity contribution in [2.75, 3.05) is 4.72 Å². The summed E-state index contributed by atoms with van der Waals surface area (Å²) in [5.74, 6) is -2.57. The Morgan fingerprint density at radius 1 is 1.03 bits per heavy atom. The maximum absolute atomic E-state index is 13.8. The second-order valence-corrected chi connectivity index (χ2v) is 8.91. The van der Waals surface area contributed by atoms with Gasteiger partial charge in [0.2, 0.25) is 0 Å². The predicted molar refractivity (Wildman–Crippen MR) is 115 cm³/mol. The summed E-state index contributed by atoms with van der Waals surface area (Å²) >= 11 is 0. The van der Waals surface area contributed by atoms with Crippen molar-refractivity contribution in [3.8, 4) is 0 Å².